The van der Waals surface area contributed by atoms with E-state index in [0.29, 0.717) is 10.0 Å². The summed E-state index contributed by atoms with van der Waals surface area (Å²) in [7, 11) is 0. The van der Waals surface area contributed by atoms with Gasteiger partial charge < -0.3 is 9.84 Å². The molecule has 0 fully saturated rings. The van der Waals surface area contributed by atoms with Crippen LogP contribution in [-0.4, -0.2) is 17.7 Å². The fraction of sp³-hybridized carbons (Fsp3) is 0.222. The van der Waals surface area contributed by atoms with Gasteiger partial charge in [-0.1, -0.05) is 15.9 Å². The summed E-state index contributed by atoms with van der Waals surface area (Å²) in [6.07, 6.45) is 0. The zero-order valence-electron chi connectivity index (χ0n) is 7.63. The fourth-order valence-corrected chi connectivity index (χ4v) is 1.71. The van der Waals surface area contributed by atoms with Crippen molar-refractivity contribution in [3.63, 3.8) is 0 Å². The lowest BCUT2D eigenvalue weighted by atomic mass is 10.1. The van der Waals surface area contributed by atoms with Crippen molar-refractivity contribution in [1.29, 1.82) is 0 Å². The molecule has 0 atom stereocenters. The van der Waals surface area contributed by atoms with Crippen molar-refractivity contribution in [3.8, 4) is 5.75 Å². The molecule has 1 aromatic rings. The topological polar surface area (TPSA) is 46.5 Å². The molecular weight excluding hydrogens is 274 g/mol. The van der Waals surface area contributed by atoms with Gasteiger partial charge in [-0.05, 0) is 24.6 Å². The number of ether oxygens (including phenoxy) is 1. The normalized spacial score (nSPS) is 10.5. The molecule has 0 amide bonds. The molecule has 3 nitrogen and oxygen atoms in total. The van der Waals surface area contributed by atoms with Crippen LogP contribution in [0.3, 0.4) is 0 Å². The summed E-state index contributed by atoms with van der Waals surface area (Å²) in [4.78, 5) is 10.8. The van der Waals surface area contributed by atoms with Gasteiger partial charge in [0.2, 0.25) is 0 Å². The molecule has 0 saturated carbocycles. The average molecular weight is 281 g/mol. The molecule has 0 heterocycles. The molecule has 1 rings (SSSR count). The van der Waals surface area contributed by atoms with Gasteiger partial charge in [0.1, 0.15) is 11.3 Å². The summed E-state index contributed by atoms with van der Waals surface area (Å²) in [5, 5.41) is 8.78. The molecule has 0 aliphatic carbocycles. The zero-order valence-corrected chi connectivity index (χ0v) is 9.22. The van der Waals surface area contributed by atoms with E-state index < -0.39 is 12.6 Å². The van der Waals surface area contributed by atoms with Crippen LogP contribution in [0.5, 0.6) is 5.75 Å². The van der Waals surface area contributed by atoms with Crippen LogP contribution in [0, 0.1) is 6.92 Å². The zero-order chi connectivity index (χ0) is 11.6. The van der Waals surface area contributed by atoms with Gasteiger partial charge in [0.25, 0.3) is 0 Å². The van der Waals surface area contributed by atoms with Gasteiger partial charge in [0.05, 0.1) is 0 Å². The number of benzene rings is 1. The van der Waals surface area contributed by atoms with Gasteiger partial charge in [-0.15, -0.1) is 0 Å². The van der Waals surface area contributed by atoms with Crippen LogP contribution in [0.2, 0.25) is 0 Å². The largest absolute Gasteiger partial charge is 0.478 e. The molecule has 6 heteroatoms. The van der Waals surface area contributed by atoms with Gasteiger partial charge >= 0.3 is 12.6 Å². The standard InChI is InChI=1S/C9H7BrF2O3/c1-4-2-5(10)3-6(8(13)14)7(4)15-9(11)12/h2-3,9H,1H3,(H,13,14). The third kappa shape index (κ3) is 2.89. The first kappa shape index (κ1) is 11.9. The minimum atomic E-state index is -3.04. The third-order valence-corrected chi connectivity index (χ3v) is 2.13. The summed E-state index contributed by atoms with van der Waals surface area (Å²) < 4.78 is 28.7. The van der Waals surface area contributed by atoms with E-state index in [1.54, 1.807) is 0 Å². The van der Waals surface area contributed by atoms with Gasteiger partial charge in [-0.2, -0.15) is 8.78 Å². The van der Waals surface area contributed by atoms with Crippen LogP contribution in [0.4, 0.5) is 8.78 Å². The van der Waals surface area contributed by atoms with Crippen LogP contribution in [0.1, 0.15) is 15.9 Å². The fourth-order valence-electron chi connectivity index (χ4n) is 1.13. The van der Waals surface area contributed by atoms with Crippen molar-refractivity contribution in [3.05, 3.63) is 27.7 Å². The second-order valence-electron chi connectivity index (χ2n) is 2.78. The maximum atomic E-state index is 12.0. The molecule has 0 unspecified atom stereocenters. The lowest BCUT2D eigenvalue weighted by molar-refractivity contribution is -0.0507. The van der Waals surface area contributed by atoms with Crippen LogP contribution < -0.4 is 4.74 Å². The lowest BCUT2D eigenvalue weighted by Gasteiger charge is -2.11. The van der Waals surface area contributed by atoms with Gasteiger partial charge in [-0.25, -0.2) is 4.79 Å². The Bertz CT molecular complexity index is 393. The maximum absolute atomic E-state index is 12.0. The molecular formula is C9H7BrF2O3. The molecule has 0 aromatic heterocycles. The number of rotatable bonds is 3. The molecule has 0 aliphatic heterocycles. The second kappa shape index (κ2) is 4.57. The van der Waals surface area contributed by atoms with E-state index in [1.807, 2.05) is 0 Å². The molecule has 0 bridgehead atoms. The van der Waals surface area contributed by atoms with E-state index >= 15 is 0 Å². The first-order valence-corrected chi connectivity index (χ1v) is 4.69. The Morgan fingerprint density at radius 2 is 2.13 bits per heavy atom. The molecule has 0 aliphatic rings. The quantitative estimate of drug-likeness (QED) is 0.926. The number of hydrogen-bond donors (Lipinski definition) is 1. The predicted molar refractivity (Wildman–Crippen MR) is 52.5 cm³/mol. The van der Waals surface area contributed by atoms with Crippen molar-refractivity contribution >= 4 is 21.9 Å². The number of carbonyl (C=O) groups is 1. The SMILES string of the molecule is Cc1cc(Br)cc(C(=O)O)c1OC(F)F. The Morgan fingerprint density at radius 1 is 1.53 bits per heavy atom. The monoisotopic (exact) mass is 280 g/mol. The van der Waals surface area contributed by atoms with E-state index in [-0.39, 0.29) is 11.3 Å². The minimum Gasteiger partial charge on any atom is -0.478 e. The van der Waals surface area contributed by atoms with Gasteiger partial charge in [0.15, 0.2) is 0 Å². The summed E-state index contributed by atoms with van der Waals surface area (Å²) in [5.41, 5.74) is 0.0456. The Morgan fingerprint density at radius 3 is 2.60 bits per heavy atom. The molecule has 0 saturated heterocycles. The number of halogens is 3. The van der Waals surface area contributed by atoms with Crippen LogP contribution in [0.15, 0.2) is 16.6 Å². The van der Waals surface area contributed by atoms with Crippen molar-refractivity contribution in [2.45, 2.75) is 13.5 Å². The van der Waals surface area contributed by atoms with E-state index in [1.165, 1.54) is 19.1 Å². The van der Waals surface area contributed by atoms with E-state index in [4.69, 9.17) is 5.11 Å². The molecule has 15 heavy (non-hydrogen) atoms. The highest BCUT2D eigenvalue weighted by Crippen LogP contribution is 2.29. The number of hydrogen-bond acceptors (Lipinski definition) is 2. The maximum Gasteiger partial charge on any atom is 0.387 e. The van der Waals surface area contributed by atoms with Crippen molar-refractivity contribution in [2.75, 3.05) is 0 Å². The van der Waals surface area contributed by atoms with E-state index in [0.717, 1.165) is 0 Å². The molecule has 0 radical (unpaired) electrons. The van der Waals surface area contributed by atoms with Gasteiger partial charge in [-0.3, -0.25) is 0 Å². The predicted octanol–water partition coefficient (Wildman–Crippen LogP) is 3.06. The van der Waals surface area contributed by atoms with Crippen LogP contribution in [-0.2, 0) is 0 Å². The molecule has 0 spiro atoms. The molecule has 82 valence electrons. The molecule has 1 N–H and O–H groups in total. The number of aryl methyl sites for hydroxylation is 1. The van der Waals surface area contributed by atoms with Crippen LogP contribution >= 0.6 is 15.9 Å². The van der Waals surface area contributed by atoms with Crippen molar-refractivity contribution < 1.29 is 23.4 Å². The van der Waals surface area contributed by atoms with E-state index in [2.05, 4.69) is 20.7 Å². The molecule has 1 aromatic carbocycles. The van der Waals surface area contributed by atoms with E-state index in [9.17, 15) is 13.6 Å². The smallest absolute Gasteiger partial charge is 0.387 e. The Labute approximate surface area is 92.8 Å². The summed E-state index contributed by atoms with van der Waals surface area (Å²) in [6.45, 7) is -1.54. The second-order valence-corrected chi connectivity index (χ2v) is 3.70. The summed E-state index contributed by atoms with van der Waals surface area (Å²) in [6, 6.07) is 2.72. The van der Waals surface area contributed by atoms with Crippen molar-refractivity contribution in [2.24, 2.45) is 0 Å². The first-order valence-electron chi connectivity index (χ1n) is 3.90. The third-order valence-electron chi connectivity index (χ3n) is 1.68. The minimum absolute atomic E-state index is 0.290. The first-order chi connectivity index (χ1) is 6.91. The summed E-state index contributed by atoms with van der Waals surface area (Å²) in [5.74, 6) is -1.62. The highest BCUT2D eigenvalue weighted by Gasteiger charge is 2.18. The summed E-state index contributed by atoms with van der Waals surface area (Å²) >= 11 is 3.08. The lowest BCUT2D eigenvalue weighted by Crippen LogP contribution is -2.09. The number of alkyl halides is 2. The Balaban J connectivity index is 3.27. The van der Waals surface area contributed by atoms with Crippen LogP contribution in [0.25, 0.3) is 0 Å². The van der Waals surface area contributed by atoms with Gasteiger partial charge in [0, 0.05) is 4.47 Å². The van der Waals surface area contributed by atoms with Crippen molar-refractivity contribution in [1.82, 2.24) is 0 Å². The Kier molecular flexibility index (Phi) is 3.62. The highest BCUT2D eigenvalue weighted by molar-refractivity contribution is 9.10. The number of carboxylic acid groups (broad SMARTS) is 1. The average Bonchev–Trinajstić information content (AvgIpc) is 2.08. The number of carboxylic acids is 1. The highest BCUT2D eigenvalue weighted by atomic mass is 79.9. The Hall–Kier alpha value is -1.17. The number of aromatic carboxylic acids is 1.